The molecule has 2 aromatic carbocycles. The summed E-state index contributed by atoms with van der Waals surface area (Å²) >= 11 is 0. The summed E-state index contributed by atoms with van der Waals surface area (Å²) in [6.45, 7) is 0. The number of anilines is 2. The second-order valence-corrected chi connectivity index (χ2v) is 9.11. The molecule has 2 heterocycles. The van der Waals surface area contributed by atoms with Gasteiger partial charge < -0.3 is 4.90 Å². The van der Waals surface area contributed by atoms with Gasteiger partial charge in [0.2, 0.25) is 0 Å². The van der Waals surface area contributed by atoms with Crippen LogP contribution in [-0.4, -0.2) is 24.6 Å². The molecule has 0 saturated heterocycles. The van der Waals surface area contributed by atoms with Crippen molar-refractivity contribution in [3.63, 3.8) is 0 Å². The number of rotatable bonds is 6. The lowest BCUT2D eigenvalue weighted by Crippen LogP contribution is -2.25. The van der Waals surface area contributed by atoms with Crippen LogP contribution in [-0.2, 0) is 9.84 Å². The standard InChI is InChI=1S/C24H20FN3O2S/c1-31(29,30)23-8-2-7-22(15-23)28(21-11-9-20(25)10-12-21)24(18-5-3-13-26-16-18)19-6-4-14-27-17-19/h2-17,24H,1H3. The van der Waals surface area contributed by atoms with Crippen molar-refractivity contribution in [2.75, 3.05) is 11.2 Å². The first-order chi connectivity index (χ1) is 14.9. The van der Waals surface area contributed by atoms with E-state index in [4.69, 9.17) is 0 Å². The molecule has 7 heteroatoms. The van der Waals surface area contributed by atoms with Crippen molar-refractivity contribution < 1.29 is 12.8 Å². The highest BCUT2D eigenvalue weighted by molar-refractivity contribution is 7.90. The number of halogens is 1. The third kappa shape index (κ3) is 4.62. The Labute approximate surface area is 180 Å². The molecule has 0 spiro atoms. The SMILES string of the molecule is CS(=O)(=O)c1cccc(N(c2ccc(F)cc2)C(c2cccnc2)c2cccnc2)c1. The van der Waals surface area contributed by atoms with Crippen LogP contribution in [0.5, 0.6) is 0 Å². The fourth-order valence-electron chi connectivity index (χ4n) is 3.48. The molecule has 0 bridgehead atoms. The van der Waals surface area contributed by atoms with Gasteiger partial charge in [-0.1, -0.05) is 18.2 Å². The summed E-state index contributed by atoms with van der Waals surface area (Å²) in [5.74, 6) is -0.354. The molecule has 0 aliphatic carbocycles. The Balaban J connectivity index is 1.97. The van der Waals surface area contributed by atoms with Crippen molar-refractivity contribution in [3.8, 4) is 0 Å². The number of sulfone groups is 1. The molecular weight excluding hydrogens is 413 g/mol. The largest absolute Gasteiger partial charge is 0.330 e. The van der Waals surface area contributed by atoms with Gasteiger partial charge >= 0.3 is 0 Å². The Morgan fingerprint density at radius 2 is 1.42 bits per heavy atom. The Morgan fingerprint density at radius 1 is 0.806 bits per heavy atom. The van der Waals surface area contributed by atoms with Crippen LogP contribution >= 0.6 is 0 Å². The maximum Gasteiger partial charge on any atom is 0.175 e. The van der Waals surface area contributed by atoms with Crippen molar-refractivity contribution in [3.05, 3.63) is 115 Å². The van der Waals surface area contributed by atoms with E-state index in [-0.39, 0.29) is 16.8 Å². The van der Waals surface area contributed by atoms with Crippen LogP contribution in [0.2, 0.25) is 0 Å². The zero-order valence-electron chi connectivity index (χ0n) is 16.8. The Bertz CT molecular complexity index is 1230. The number of hydrogen-bond donors (Lipinski definition) is 0. The monoisotopic (exact) mass is 433 g/mol. The summed E-state index contributed by atoms with van der Waals surface area (Å²) in [5.41, 5.74) is 3.10. The third-order valence-electron chi connectivity index (χ3n) is 4.89. The van der Waals surface area contributed by atoms with Gasteiger partial charge in [-0.2, -0.15) is 0 Å². The molecule has 0 atom stereocenters. The number of pyridine rings is 2. The van der Waals surface area contributed by atoms with Gasteiger partial charge in [0, 0.05) is 42.4 Å². The minimum atomic E-state index is -3.41. The topological polar surface area (TPSA) is 63.2 Å². The van der Waals surface area contributed by atoms with Crippen molar-refractivity contribution in [1.29, 1.82) is 0 Å². The number of aromatic nitrogens is 2. The molecular formula is C24H20FN3O2S. The quantitative estimate of drug-likeness (QED) is 0.431. The lowest BCUT2D eigenvalue weighted by Gasteiger charge is -2.34. The molecule has 0 amide bonds. The number of benzene rings is 2. The van der Waals surface area contributed by atoms with E-state index < -0.39 is 9.84 Å². The van der Waals surface area contributed by atoms with Gasteiger partial charge in [-0.05, 0) is 65.7 Å². The predicted molar refractivity (Wildman–Crippen MR) is 118 cm³/mol. The van der Waals surface area contributed by atoms with Gasteiger partial charge in [0.15, 0.2) is 9.84 Å². The average molecular weight is 434 g/mol. The van der Waals surface area contributed by atoms with Crippen LogP contribution < -0.4 is 4.90 Å². The molecule has 4 rings (SSSR count). The van der Waals surface area contributed by atoms with Crippen molar-refractivity contribution in [2.45, 2.75) is 10.9 Å². The van der Waals surface area contributed by atoms with E-state index in [1.807, 2.05) is 35.2 Å². The zero-order chi connectivity index (χ0) is 21.8. The summed E-state index contributed by atoms with van der Waals surface area (Å²) in [7, 11) is -3.41. The molecule has 31 heavy (non-hydrogen) atoms. The zero-order valence-corrected chi connectivity index (χ0v) is 17.6. The second kappa shape index (κ2) is 8.65. The molecule has 0 aliphatic rings. The van der Waals surface area contributed by atoms with Gasteiger partial charge in [0.1, 0.15) is 5.82 Å². The maximum atomic E-state index is 13.7. The normalized spacial score (nSPS) is 11.5. The van der Waals surface area contributed by atoms with Gasteiger partial charge in [-0.25, -0.2) is 12.8 Å². The highest BCUT2D eigenvalue weighted by Crippen LogP contribution is 2.39. The second-order valence-electron chi connectivity index (χ2n) is 7.09. The Kier molecular flexibility index (Phi) is 5.77. The first-order valence-corrected chi connectivity index (χ1v) is 11.5. The van der Waals surface area contributed by atoms with E-state index in [9.17, 15) is 12.8 Å². The third-order valence-corrected chi connectivity index (χ3v) is 6.00. The summed E-state index contributed by atoms with van der Waals surface area (Å²) in [4.78, 5) is 10.7. The maximum absolute atomic E-state index is 13.7. The number of hydrogen-bond acceptors (Lipinski definition) is 5. The van der Waals surface area contributed by atoms with E-state index in [2.05, 4.69) is 9.97 Å². The first kappa shape index (κ1) is 20.7. The molecule has 0 aliphatic heterocycles. The smallest absolute Gasteiger partial charge is 0.175 e. The molecule has 0 saturated carbocycles. The molecule has 156 valence electrons. The van der Waals surface area contributed by atoms with Gasteiger partial charge in [0.25, 0.3) is 0 Å². The molecule has 0 radical (unpaired) electrons. The average Bonchev–Trinajstić information content (AvgIpc) is 2.79. The molecule has 2 aromatic heterocycles. The number of nitrogens with zero attached hydrogens (tertiary/aromatic N) is 3. The van der Waals surface area contributed by atoms with Crippen LogP contribution in [0, 0.1) is 5.82 Å². The van der Waals surface area contributed by atoms with Crippen molar-refractivity contribution in [2.24, 2.45) is 0 Å². The van der Waals surface area contributed by atoms with E-state index in [0.29, 0.717) is 11.4 Å². The van der Waals surface area contributed by atoms with Crippen LogP contribution in [0.25, 0.3) is 0 Å². The minimum Gasteiger partial charge on any atom is -0.330 e. The summed E-state index contributed by atoms with van der Waals surface area (Å²) < 4.78 is 38.1. The van der Waals surface area contributed by atoms with Crippen LogP contribution in [0.1, 0.15) is 17.2 Å². The molecule has 0 fully saturated rings. The minimum absolute atomic E-state index is 0.202. The van der Waals surface area contributed by atoms with Crippen LogP contribution in [0.4, 0.5) is 15.8 Å². The predicted octanol–water partition coefficient (Wildman–Crippen LogP) is 4.95. The van der Waals surface area contributed by atoms with E-state index in [0.717, 1.165) is 11.1 Å². The highest BCUT2D eigenvalue weighted by Gasteiger charge is 2.26. The fourth-order valence-corrected chi connectivity index (χ4v) is 4.14. The first-order valence-electron chi connectivity index (χ1n) is 9.58. The summed E-state index contributed by atoms with van der Waals surface area (Å²) in [6.07, 6.45) is 8.07. The Hall–Kier alpha value is -3.58. The Morgan fingerprint density at radius 3 is 1.94 bits per heavy atom. The van der Waals surface area contributed by atoms with Crippen molar-refractivity contribution >= 4 is 21.2 Å². The van der Waals surface area contributed by atoms with Gasteiger partial charge in [-0.15, -0.1) is 0 Å². The van der Waals surface area contributed by atoms with Crippen molar-refractivity contribution in [1.82, 2.24) is 9.97 Å². The molecule has 4 aromatic rings. The highest BCUT2D eigenvalue weighted by atomic mass is 32.2. The van der Waals surface area contributed by atoms with Crippen LogP contribution in [0.15, 0.2) is 102 Å². The molecule has 5 nitrogen and oxygen atoms in total. The van der Waals surface area contributed by atoms with E-state index in [1.165, 1.54) is 18.4 Å². The van der Waals surface area contributed by atoms with Gasteiger partial charge in [0.05, 0.1) is 10.9 Å². The molecule has 0 N–H and O–H groups in total. The van der Waals surface area contributed by atoms with Crippen LogP contribution in [0.3, 0.4) is 0 Å². The lowest BCUT2D eigenvalue weighted by molar-refractivity contribution is 0.602. The summed E-state index contributed by atoms with van der Waals surface area (Å²) in [5, 5.41) is 0. The van der Waals surface area contributed by atoms with E-state index in [1.54, 1.807) is 55.1 Å². The van der Waals surface area contributed by atoms with E-state index >= 15 is 0 Å². The summed E-state index contributed by atoms with van der Waals surface area (Å²) in [6, 6.07) is 20.0. The molecule has 0 unspecified atom stereocenters. The van der Waals surface area contributed by atoms with Gasteiger partial charge in [-0.3, -0.25) is 9.97 Å². The fraction of sp³-hybridized carbons (Fsp3) is 0.0833. The lowest BCUT2D eigenvalue weighted by atomic mass is 9.98.